The minimum absolute atomic E-state index is 0.0826. The quantitative estimate of drug-likeness (QED) is 0.160. The number of tetrazole rings is 1. The van der Waals surface area contributed by atoms with Crippen molar-refractivity contribution in [1.82, 2.24) is 45.1 Å². The average Bonchev–Trinajstić information content (AvgIpc) is 3.76. The van der Waals surface area contributed by atoms with Gasteiger partial charge in [0.2, 0.25) is 5.95 Å². The Hall–Kier alpha value is -5.05. The highest BCUT2D eigenvalue weighted by molar-refractivity contribution is 6.31. The minimum atomic E-state index is -4.57. The Morgan fingerprint density at radius 1 is 0.929 bits per heavy atom. The van der Waals surface area contributed by atoms with Crippen molar-refractivity contribution in [3.8, 4) is 27.9 Å². The largest absolute Gasteiger partial charge is 0.419 e. The zero-order valence-electron chi connectivity index (χ0n) is 21.1. The third kappa shape index (κ3) is 5.33. The molecule has 0 spiro atoms. The van der Waals surface area contributed by atoms with Crippen molar-refractivity contribution < 1.29 is 26.6 Å². The Kier molecular flexibility index (Phi) is 6.94. The fraction of sp³-hybridized carbons (Fsp3) is 0.115. The predicted octanol–water partition coefficient (Wildman–Crippen LogP) is 4.84. The molecule has 0 saturated heterocycles. The lowest BCUT2D eigenvalue weighted by molar-refractivity contribution is -0.659. The van der Waals surface area contributed by atoms with Crippen LogP contribution in [-0.2, 0) is 12.7 Å². The standard InChI is InChI=1S/C26H16ClF5N10/c27-19-2-4-21(42-14-35-38-39-42)24(25(19)29)16-1-3-20(34-8-16)22(13-40-12-18(10-36-40)26(30,31)32)41-11-17(9-37-41)15-5-6-33-23(28)7-15/h1-12,14,22H,13H2/p+1. The second kappa shape index (κ2) is 10.7. The van der Waals surface area contributed by atoms with E-state index in [1.165, 1.54) is 46.4 Å². The normalized spacial score (nSPS) is 12.5. The highest BCUT2D eigenvalue weighted by atomic mass is 35.5. The van der Waals surface area contributed by atoms with E-state index in [2.05, 4.69) is 35.7 Å². The van der Waals surface area contributed by atoms with Crippen molar-refractivity contribution in [1.29, 1.82) is 0 Å². The molecule has 5 heterocycles. The number of halogens is 6. The molecule has 212 valence electrons. The molecule has 0 bridgehead atoms. The number of rotatable bonds is 7. The van der Waals surface area contributed by atoms with E-state index in [-0.39, 0.29) is 17.1 Å². The summed E-state index contributed by atoms with van der Waals surface area (Å²) in [7, 11) is 0. The van der Waals surface area contributed by atoms with Crippen molar-refractivity contribution in [3.63, 3.8) is 0 Å². The van der Waals surface area contributed by atoms with E-state index in [1.807, 2.05) is 0 Å². The molecule has 0 aliphatic carbocycles. The SMILES string of the molecule is Fc1cc(-c2cnn(C(Cn3cc(C(F)(F)F)cn3)c3ccc(-c4c(-[n+]5cnn[nH]5)ccc(Cl)c4F)cn3)c2)ccn1. The molecule has 42 heavy (non-hydrogen) atoms. The number of H-pyrrole nitrogens is 1. The molecule has 5 aromatic heterocycles. The van der Waals surface area contributed by atoms with Crippen LogP contribution in [0.25, 0.3) is 27.9 Å². The van der Waals surface area contributed by atoms with Gasteiger partial charge in [0.15, 0.2) is 11.0 Å². The van der Waals surface area contributed by atoms with Crippen LogP contribution >= 0.6 is 11.6 Å². The summed E-state index contributed by atoms with van der Waals surface area (Å²) < 4.78 is 72.7. The van der Waals surface area contributed by atoms with Gasteiger partial charge >= 0.3 is 6.18 Å². The Morgan fingerprint density at radius 2 is 1.79 bits per heavy atom. The van der Waals surface area contributed by atoms with Gasteiger partial charge in [-0.15, -0.1) is 4.68 Å². The molecule has 1 aromatic carbocycles. The molecule has 0 fully saturated rings. The smallest absolute Gasteiger partial charge is 0.270 e. The molecule has 6 aromatic rings. The zero-order chi connectivity index (χ0) is 29.4. The molecular weight excluding hydrogens is 583 g/mol. The first kappa shape index (κ1) is 27.1. The van der Waals surface area contributed by atoms with Crippen LogP contribution in [0.1, 0.15) is 17.3 Å². The summed E-state index contributed by atoms with van der Waals surface area (Å²) in [4.78, 5) is 8.07. The maximum atomic E-state index is 15.3. The maximum Gasteiger partial charge on any atom is 0.419 e. The van der Waals surface area contributed by atoms with E-state index >= 15 is 4.39 Å². The lowest BCUT2D eigenvalue weighted by Crippen LogP contribution is -2.33. The summed E-state index contributed by atoms with van der Waals surface area (Å²) >= 11 is 6.07. The van der Waals surface area contributed by atoms with E-state index in [1.54, 1.807) is 30.5 Å². The molecule has 0 saturated carbocycles. The van der Waals surface area contributed by atoms with Gasteiger partial charge in [-0.1, -0.05) is 22.9 Å². The van der Waals surface area contributed by atoms with Crippen LogP contribution in [0.4, 0.5) is 22.0 Å². The van der Waals surface area contributed by atoms with Crippen LogP contribution in [0.3, 0.4) is 0 Å². The highest BCUT2D eigenvalue weighted by Crippen LogP contribution is 2.33. The van der Waals surface area contributed by atoms with E-state index in [0.29, 0.717) is 28.1 Å². The zero-order valence-corrected chi connectivity index (χ0v) is 21.8. The third-order valence-corrected chi connectivity index (χ3v) is 6.72. The Balaban J connectivity index is 1.40. The molecule has 1 unspecified atom stereocenters. The van der Waals surface area contributed by atoms with Gasteiger partial charge in [-0.25, -0.2) is 9.37 Å². The van der Waals surface area contributed by atoms with Crippen molar-refractivity contribution >= 4 is 11.6 Å². The molecule has 0 amide bonds. The number of alkyl halides is 3. The van der Waals surface area contributed by atoms with Crippen LogP contribution in [-0.4, -0.2) is 45.1 Å². The van der Waals surface area contributed by atoms with Gasteiger partial charge in [-0.05, 0) is 29.8 Å². The van der Waals surface area contributed by atoms with Crippen molar-refractivity contribution in [2.24, 2.45) is 0 Å². The Morgan fingerprint density at radius 3 is 2.48 bits per heavy atom. The molecule has 0 radical (unpaired) electrons. The lowest BCUT2D eigenvalue weighted by atomic mass is 10.0. The molecule has 1 atom stereocenters. The summed E-state index contributed by atoms with van der Waals surface area (Å²) in [6, 6.07) is 8.25. The Labute approximate surface area is 238 Å². The first-order chi connectivity index (χ1) is 20.2. The summed E-state index contributed by atoms with van der Waals surface area (Å²) in [6.07, 6.45) is 4.22. The van der Waals surface area contributed by atoms with E-state index in [9.17, 15) is 17.6 Å². The Bertz CT molecular complexity index is 1850. The van der Waals surface area contributed by atoms with Crippen molar-refractivity contribution in [3.05, 3.63) is 108 Å². The number of hydrogen-bond donors (Lipinski definition) is 1. The molecule has 0 aliphatic heterocycles. The van der Waals surface area contributed by atoms with Gasteiger partial charge in [-0.2, -0.15) is 27.8 Å². The van der Waals surface area contributed by atoms with Gasteiger partial charge < -0.3 is 0 Å². The number of aromatic amines is 1. The summed E-state index contributed by atoms with van der Waals surface area (Å²) in [5, 5.41) is 18.1. The monoisotopic (exact) mass is 599 g/mol. The fourth-order valence-corrected chi connectivity index (χ4v) is 4.56. The van der Waals surface area contributed by atoms with Crippen molar-refractivity contribution in [2.45, 2.75) is 18.8 Å². The first-order valence-electron chi connectivity index (χ1n) is 12.2. The van der Waals surface area contributed by atoms with E-state index in [4.69, 9.17) is 11.6 Å². The molecular formula is C26H17ClF5N10+. The second-order valence-corrected chi connectivity index (χ2v) is 9.48. The van der Waals surface area contributed by atoms with Crippen LogP contribution in [0.2, 0.25) is 5.02 Å². The van der Waals surface area contributed by atoms with Crippen LogP contribution < -0.4 is 4.68 Å². The van der Waals surface area contributed by atoms with E-state index < -0.39 is 29.5 Å². The first-order valence-corrected chi connectivity index (χ1v) is 12.5. The molecule has 10 nitrogen and oxygen atoms in total. The molecule has 0 aliphatic rings. The second-order valence-electron chi connectivity index (χ2n) is 9.07. The summed E-state index contributed by atoms with van der Waals surface area (Å²) in [5.41, 5.74) is 1.38. The minimum Gasteiger partial charge on any atom is -0.270 e. The third-order valence-electron chi connectivity index (χ3n) is 6.43. The topological polar surface area (TPSA) is 107 Å². The summed E-state index contributed by atoms with van der Waals surface area (Å²) in [5.74, 6) is -1.37. The van der Waals surface area contributed by atoms with Crippen LogP contribution in [0.15, 0.2) is 79.9 Å². The predicted molar refractivity (Wildman–Crippen MR) is 137 cm³/mol. The van der Waals surface area contributed by atoms with Gasteiger partial charge in [-0.3, -0.25) is 14.3 Å². The van der Waals surface area contributed by atoms with Crippen molar-refractivity contribution in [2.75, 3.05) is 0 Å². The van der Waals surface area contributed by atoms with Gasteiger partial charge in [0, 0.05) is 42.0 Å². The van der Waals surface area contributed by atoms with E-state index in [0.717, 1.165) is 17.1 Å². The van der Waals surface area contributed by atoms with Gasteiger partial charge in [0.1, 0.15) is 16.8 Å². The van der Waals surface area contributed by atoms with Crippen LogP contribution in [0.5, 0.6) is 0 Å². The number of nitrogens with one attached hydrogen (secondary N) is 1. The molecule has 1 N–H and O–H groups in total. The lowest BCUT2D eigenvalue weighted by Gasteiger charge is -2.18. The average molecular weight is 600 g/mol. The number of aromatic nitrogens is 10. The number of nitrogens with zero attached hydrogens (tertiary/aromatic N) is 9. The number of benzene rings is 1. The molecule has 16 heteroatoms. The van der Waals surface area contributed by atoms with Crippen LogP contribution in [0, 0.1) is 11.8 Å². The highest BCUT2D eigenvalue weighted by Gasteiger charge is 2.32. The van der Waals surface area contributed by atoms with Gasteiger partial charge in [0.25, 0.3) is 6.33 Å². The fourth-order valence-electron chi connectivity index (χ4n) is 4.40. The molecule has 6 rings (SSSR count). The number of hydrogen-bond acceptors (Lipinski definition) is 6. The summed E-state index contributed by atoms with van der Waals surface area (Å²) in [6.45, 7) is -0.0826. The maximum absolute atomic E-state index is 15.3. The van der Waals surface area contributed by atoms with Gasteiger partial charge in [0.05, 0.1) is 40.8 Å². The number of pyridine rings is 2.